The SMILES string of the molecule is Cc1ccc(C(=O)C(F)(F)C(F)(F)F)cc1. The summed E-state index contributed by atoms with van der Waals surface area (Å²) in [6, 6.07) is 4.47. The van der Waals surface area contributed by atoms with Crippen LogP contribution >= 0.6 is 0 Å². The van der Waals surface area contributed by atoms with Crippen molar-refractivity contribution in [2.75, 3.05) is 0 Å². The number of aryl methyl sites for hydroxylation is 1. The predicted molar refractivity (Wildman–Crippen MR) is 46.5 cm³/mol. The molecule has 1 nitrogen and oxygen atoms in total. The van der Waals surface area contributed by atoms with Crippen molar-refractivity contribution in [3.05, 3.63) is 35.4 Å². The van der Waals surface area contributed by atoms with E-state index in [-0.39, 0.29) is 0 Å². The second-order valence-corrected chi connectivity index (χ2v) is 3.27. The fraction of sp³-hybridized carbons (Fsp3) is 0.300. The first kappa shape index (κ1) is 12.6. The molecule has 0 unspecified atom stereocenters. The summed E-state index contributed by atoms with van der Waals surface area (Å²) in [5.74, 6) is -7.58. The van der Waals surface area contributed by atoms with Crippen LogP contribution in [0.4, 0.5) is 22.0 Å². The minimum atomic E-state index is -5.87. The Morgan fingerprint density at radius 1 is 1.00 bits per heavy atom. The van der Waals surface area contributed by atoms with Crippen LogP contribution in [0, 0.1) is 6.92 Å². The van der Waals surface area contributed by atoms with Gasteiger partial charge >= 0.3 is 12.1 Å². The molecule has 0 spiro atoms. The molecule has 0 amide bonds. The molecule has 1 rings (SSSR count). The molecule has 0 atom stereocenters. The Morgan fingerprint density at radius 3 is 1.81 bits per heavy atom. The number of rotatable bonds is 2. The molecule has 0 aromatic heterocycles. The van der Waals surface area contributed by atoms with Crippen molar-refractivity contribution in [2.24, 2.45) is 0 Å². The van der Waals surface area contributed by atoms with Gasteiger partial charge in [-0.25, -0.2) is 0 Å². The Labute approximate surface area is 87.9 Å². The van der Waals surface area contributed by atoms with Crippen LogP contribution in [0.1, 0.15) is 15.9 Å². The molecule has 0 bridgehead atoms. The van der Waals surface area contributed by atoms with Gasteiger partial charge in [-0.3, -0.25) is 4.79 Å². The molecule has 1 aromatic rings. The standard InChI is InChI=1S/C10H7F5O/c1-6-2-4-7(5-3-6)8(16)9(11,12)10(13,14)15/h2-5H,1H3. The maximum absolute atomic E-state index is 12.6. The van der Waals surface area contributed by atoms with Gasteiger partial charge in [0.05, 0.1) is 0 Å². The van der Waals surface area contributed by atoms with Crippen LogP contribution in [-0.4, -0.2) is 17.9 Å². The van der Waals surface area contributed by atoms with Crippen LogP contribution in [0.3, 0.4) is 0 Å². The van der Waals surface area contributed by atoms with E-state index in [0.29, 0.717) is 5.56 Å². The van der Waals surface area contributed by atoms with Gasteiger partial charge in [0.1, 0.15) is 0 Å². The summed E-state index contributed by atoms with van der Waals surface area (Å²) in [4.78, 5) is 11.0. The topological polar surface area (TPSA) is 17.1 Å². The molecular weight excluding hydrogens is 231 g/mol. The van der Waals surface area contributed by atoms with Crippen molar-refractivity contribution in [2.45, 2.75) is 19.0 Å². The van der Waals surface area contributed by atoms with Gasteiger partial charge in [0.15, 0.2) is 0 Å². The summed E-state index contributed by atoms with van der Waals surface area (Å²) < 4.78 is 60.9. The fourth-order valence-electron chi connectivity index (χ4n) is 1.01. The third kappa shape index (κ3) is 2.20. The van der Waals surface area contributed by atoms with E-state index in [1.807, 2.05) is 0 Å². The molecule has 0 radical (unpaired) electrons. The van der Waals surface area contributed by atoms with Gasteiger partial charge in [0.2, 0.25) is 5.78 Å². The normalized spacial score (nSPS) is 12.6. The Bertz CT molecular complexity index is 391. The molecular formula is C10H7F5O. The molecule has 0 aliphatic heterocycles. The summed E-state index contributed by atoms with van der Waals surface area (Å²) in [5.41, 5.74) is -0.000185. The molecule has 0 aliphatic rings. The molecule has 0 saturated heterocycles. The summed E-state index contributed by atoms with van der Waals surface area (Å²) in [6.45, 7) is 1.62. The highest BCUT2D eigenvalue weighted by Gasteiger charge is 2.63. The highest BCUT2D eigenvalue weighted by Crippen LogP contribution is 2.37. The molecule has 0 saturated carbocycles. The first-order chi connectivity index (χ1) is 7.16. The molecule has 88 valence electrons. The average molecular weight is 238 g/mol. The minimum absolute atomic E-state index is 0.659. The van der Waals surface area contributed by atoms with Gasteiger partial charge in [-0.05, 0) is 6.92 Å². The van der Waals surface area contributed by atoms with Crippen LogP contribution in [0.15, 0.2) is 24.3 Å². The van der Waals surface area contributed by atoms with Crippen LogP contribution in [0.25, 0.3) is 0 Å². The number of benzene rings is 1. The first-order valence-corrected chi connectivity index (χ1v) is 4.22. The largest absolute Gasteiger partial charge is 0.461 e. The van der Waals surface area contributed by atoms with Crippen molar-refractivity contribution < 1.29 is 26.7 Å². The van der Waals surface area contributed by atoms with Crippen molar-refractivity contribution in [3.8, 4) is 0 Å². The maximum Gasteiger partial charge on any atom is 0.461 e. The van der Waals surface area contributed by atoms with Gasteiger partial charge in [0, 0.05) is 5.56 Å². The van der Waals surface area contributed by atoms with Crippen LogP contribution in [-0.2, 0) is 0 Å². The summed E-state index contributed by atoms with van der Waals surface area (Å²) >= 11 is 0. The lowest BCUT2D eigenvalue weighted by molar-refractivity contribution is -0.255. The number of halogens is 5. The van der Waals surface area contributed by atoms with E-state index in [1.165, 1.54) is 12.1 Å². The van der Waals surface area contributed by atoms with E-state index >= 15 is 0 Å². The number of hydrogen-bond acceptors (Lipinski definition) is 1. The van der Waals surface area contributed by atoms with E-state index < -0.39 is 23.4 Å². The van der Waals surface area contributed by atoms with E-state index in [1.54, 1.807) is 6.92 Å². The summed E-state index contributed by atoms with van der Waals surface area (Å²) in [6.07, 6.45) is -5.87. The third-order valence-corrected chi connectivity index (χ3v) is 1.95. The van der Waals surface area contributed by atoms with E-state index in [4.69, 9.17) is 0 Å². The Balaban J connectivity index is 3.07. The lowest BCUT2D eigenvalue weighted by Gasteiger charge is -2.17. The molecule has 16 heavy (non-hydrogen) atoms. The van der Waals surface area contributed by atoms with E-state index in [0.717, 1.165) is 12.1 Å². The monoisotopic (exact) mass is 238 g/mol. The van der Waals surface area contributed by atoms with Crippen molar-refractivity contribution in [3.63, 3.8) is 0 Å². The number of carbonyl (C=O) groups excluding carboxylic acids is 1. The lowest BCUT2D eigenvalue weighted by Crippen LogP contribution is -2.44. The van der Waals surface area contributed by atoms with Gasteiger partial charge in [-0.15, -0.1) is 0 Å². The van der Waals surface area contributed by atoms with Crippen molar-refractivity contribution >= 4 is 5.78 Å². The van der Waals surface area contributed by atoms with Gasteiger partial charge < -0.3 is 0 Å². The van der Waals surface area contributed by atoms with Crippen LogP contribution in [0.5, 0.6) is 0 Å². The molecule has 0 aliphatic carbocycles. The molecule has 1 aromatic carbocycles. The van der Waals surface area contributed by atoms with Crippen molar-refractivity contribution in [1.82, 2.24) is 0 Å². The minimum Gasteiger partial charge on any atom is -0.287 e. The van der Waals surface area contributed by atoms with E-state index in [2.05, 4.69) is 0 Å². The molecule has 0 heterocycles. The van der Waals surface area contributed by atoms with Gasteiger partial charge in [0.25, 0.3) is 0 Å². The number of ketones is 1. The average Bonchev–Trinajstić information content (AvgIpc) is 2.16. The zero-order chi connectivity index (χ0) is 12.6. The fourth-order valence-corrected chi connectivity index (χ4v) is 1.01. The third-order valence-electron chi connectivity index (χ3n) is 1.95. The highest BCUT2D eigenvalue weighted by molar-refractivity contribution is 6.01. The number of Topliss-reactive ketones (excluding diaryl/α,β-unsaturated/α-hetero) is 1. The van der Waals surface area contributed by atoms with Crippen molar-refractivity contribution in [1.29, 1.82) is 0 Å². The second-order valence-electron chi connectivity index (χ2n) is 3.27. The van der Waals surface area contributed by atoms with Crippen LogP contribution < -0.4 is 0 Å². The number of carbonyl (C=O) groups is 1. The number of hydrogen-bond donors (Lipinski definition) is 0. The Hall–Kier alpha value is -1.46. The van der Waals surface area contributed by atoms with Gasteiger partial charge in [-0.1, -0.05) is 29.8 Å². The Kier molecular flexibility index (Phi) is 3.03. The van der Waals surface area contributed by atoms with Gasteiger partial charge in [-0.2, -0.15) is 22.0 Å². The van der Waals surface area contributed by atoms with Crippen LogP contribution in [0.2, 0.25) is 0 Å². The summed E-state index contributed by atoms with van der Waals surface area (Å²) in [7, 11) is 0. The zero-order valence-corrected chi connectivity index (χ0v) is 8.11. The predicted octanol–water partition coefficient (Wildman–Crippen LogP) is 3.38. The molecule has 6 heteroatoms. The maximum atomic E-state index is 12.6. The summed E-state index contributed by atoms with van der Waals surface area (Å²) in [5, 5.41) is 0. The number of alkyl halides is 5. The smallest absolute Gasteiger partial charge is 0.287 e. The Morgan fingerprint density at radius 2 is 1.44 bits per heavy atom. The molecule has 0 N–H and O–H groups in total. The second kappa shape index (κ2) is 3.84. The van der Waals surface area contributed by atoms with E-state index in [9.17, 15) is 26.7 Å². The lowest BCUT2D eigenvalue weighted by atomic mass is 10.0. The highest BCUT2D eigenvalue weighted by atomic mass is 19.4. The quantitative estimate of drug-likeness (QED) is 0.570. The zero-order valence-electron chi connectivity index (χ0n) is 8.11. The molecule has 0 fully saturated rings. The first-order valence-electron chi connectivity index (χ1n) is 4.22.